The number of anilines is 1. The minimum atomic E-state index is 0.626. The van der Waals surface area contributed by atoms with E-state index in [1.807, 2.05) is 13.0 Å². The van der Waals surface area contributed by atoms with Crippen molar-refractivity contribution < 1.29 is 0 Å². The van der Waals surface area contributed by atoms with E-state index in [0.717, 1.165) is 37.1 Å². The molecule has 1 atom stereocenters. The molecule has 1 aliphatic heterocycles. The lowest BCUT2D eigenvalue weighted by atomic mass is 9.90. The van der Waals surface area contributed by atoms with Crippen LogP contribution in [-0.4, -0.2) is 35.9 Å². The van der Waals surface area contributed by atoms with Crippen LogP contribution in [0.1, 0.15) is 32.4 Å². The largest absolute Gasteiger partial charge is 0.355 e. The van der Waals surface area contributed by atoms with Crippen LogP contribution in [0, 0.1) is 12.8 Å². The zero-order chi connectivity index (χ0) is 13.0. The summed E-state index contributed by atoms with van der Waals surface area (Å²) in [5, 5.41) is 11.9. The summed E-state index contributed by atoms with van der Waals surface area (Å²) in [4.78, 5) is 2.35. The molecular weight excluding hydrogens is 224 g/mol. The van der Waals surface area contributed by atoms with Crippen molar-refractivity contribution in [3.05, 3.63) is 17.8 Å². The Kier molecular flexibility index (Phi) is 4.53. The number of hydrogen-bond acceptors (Lipinski definition) is 4. The van der Waals surface area contributed by atoms with Crippen molar-refractivity contribution in [1.82, 2.24) is 15.5 Å². The minimum Gasteiger partial charge on any atom is -0.355 e. The van der Waals surface area contributed by atoms with Crippen molar-refractivity contribution >= 4 is 5.82 Å². The molecule has 1 saturated heterocycles. The molecule has 1 unspecified atom stereocenters. The summed E-state index contributed by atoms with van der Waals surface area (Å²) >= 11 is 0. The fraction of sp³-hybridized carbons (Fsp3) is 0.714. The van der Waals surface area contributed by atoms with Crippen LogP contribution in [0.2, 0.25) is 0 Å². The standard InChI is InChI=1S/C14H24N4/c1-4-15-12(3)13-7-9-18(10-8-13)14-6-5-11(2)16-17-14/h5-6,12-13,15H,4,7-10H2,1-3H3. The van der Waals surface area contributed by atoms with E-state index in [-0.39, 0.29) is 0 Å². The van der Waals surface area contributed by atoms with E-state index in [1.54, 1.807) is 0 Å². The Labute approximate surface area is 110 Å². The van der Waals surface area contributed by atoms with E-state index in [0.29, 0.717) is 6.04 Å². The highest BCUT2D eigenvalue weighted by molar-refractivity contribution is 5.37. The molecular formula is C14H24N4. The van der Waals surface area contributed by atoms with Gasteiger partial charge in [0.25, 0.3) is 0 Å². The van der Waals surface area contributed by atoms with E-state index in [1.165, 1.54) is 12.8 Å². The number of nitrogens with one attached hydrogen (secondary N) is 1. The van der Waals surface area contributed by atoms with Gasteiger partial charge in [-0.05, 0) is 51.3 Å². The minimum absolute atomic E-state index is 0.626. The Balaban J connectivity index is 1.88. The summed E-state index contributed by atoms with van der Waals surface area (Å²) in [6.07, 6.45) is 2.48. The van der Waals surface area contributed by atoms with Gasteiger partial charge in [0.15, 0.2) is 5.82 Å². The molecule has 4 heteroatoms. The molecule has 2 heterocycles. The maximum Gasteiger partial charge on any atom is 0.151 e. The van der Waals surface area contributed by atoms with E-state index in [4.69, 9.17) is 0 Å². The van der Waals surface area contributed by atoms with E-state index >= 15 is 0 Å². The summed E-state index contributed by atoms with van der Waals surface area (Å²) in [5.74, 6) is 1.81. The van der Waals surface area contributed by atoms with Crippen molar-refractivity contribution in [3.8, 4) is 0 Å². The maximum absolute atomic E-state index is 4.27. The molecule has 4 nitrogen and oxygen atoms in total. The molecule has 1 fully saturated rings. The normalized spacial score (nSPS) is 18.9. The monoisotopic (exact) mass is 248 g/mol. The Morgan fingerprint density at radius 3 is 2.61 bits per heavy atom. The molecule has 2 rings (SSSR count). The third-order valence-electron chi connectivity index (χ3n) is 3.88. The van der Waals surface area contributed by atoms with Gasteiger partial charge < -0.3 is 10.2 Å². The van der Waals surface area contributed by atoms with Crippen molar-refractivity contribution in [2.45, 2.75) is 39.7 Å². The van der Waals surface area contributed by atoms with Crippen molar-refractivity contribution in [3.63, 3.8) is 0 Å². The number of piperidine rings is 1. The predicted molar refractivity (Wildman–Crippen MR) is 74.8 cm³/mol. The van der Waals surface area contributed by atoms with Gasteiger partial charge in [0.2, 0.25) is 0 Å². The van der Waals surface area contributed by atoms with Crippen molar-refractivity contribution in [1.29, 1.82) is 0 Å². The zero-order valence-corrected chi connectivity index (χ0v) is 11.7. The number of nitrogens with zero attached hydrogens (tertiary/aromatic N) is 3. The van der Waals surface area contributed by atoms with Crippen LogP contribution < -0.4 is 10.2 Å². The molecule has 18 heavy (non-hydrogen) atoms. The van der Waals surface area contributed by atoms with Gasteiger partial charge in [-0.3, -0.25) is 0 Å². The summed E-state index contributed by atoms with van der Waals surface area (Å²) in [6, 6.07) is 4.74. The van der Waals surface area contributed by atoms with Crippen LogP contribution in [0.4, 0.5) is 5.82 Å². The topological polar surface area (TPSA) is 41.0 Å². The lowest BCUT2D eigenvalue weighted by Crippen LogP contribution is -2.42. The van der Waals surface area contributed by atoms with Crippen molar-refractivity contribution in [2.75, 3.05) is 24.5 Å². The maximum atomic E-state index is 4.27. The molecule has 1 aromatic rings. The smallest absolute Gasteiger partial charge is 0.151 e. The van der Waals surface area contributed by atoms with E-state index < -0.39 is 0 Å². The van der Waals surface area contributed by atoms with Gasteiger partial charge in [0, 0.05) is 19.1 Å². The molecule has 0 aromatic carbocycles. The van der Waals surface area contributed by atoms with Crippen LogP contribution >= 0.6 is 0 Å². The molecule has 0 spiro atoms. The highest BCUT2D eigenvalue weighted by Crippen LogP contribution is 2.23. The quantitative estimate of drug-likeness (QED) is 0.885. The predicted octanol–water partition coefficient (Wildman–Crippen LogP) is 2.00. The molecule has 1 aliphatic rings. The van der Waals surface area contributed by atoms with Gasteiger partial charge >= 0.3 is 0 Å². The zero-order valence-electron chi connectivity index (χ0n) is 11.7. The molecule has 1 aromatic heterocycles. The fourth-order valence-electron chi connectivity index (χ4n) is 2.68. The van der Waals surface area contributed by atoms with Crippen LogP contribution in [0.3, 0.4) is 0 Å². The lowest BCUT2D eigenvalue weighted by Gasteiger charge is -2.35. The van der Waals surface area contributed by atoms with Gasteiger partial charge in [-0.25, -0.2) is 0 Å². The third-order valence-corrected chi connectivity index (χ3v) is 3.88. The average molecular weight is 248 g/mol. The Hall–Kier alpha value is -1.16. The second kappa shape index (κ2) is 6.14. The van der Waals surface area contributed by atoms with Gasteiger partial charge in [0.05, 0.1) is 5.69 Å². The van der Waals surface area contributed by atoms with Gasteiger partial charge in [-0.1, -0.05) is 6.92 Å². The first-order valence-corrected chi connectivity index (χ1v) is 6.99. The Morgan fingerprint density at radius 1 is 1.33 bits per heavy atom. The number of rotatable bonds is 4. The lowest BCUT2D eigenvalue weighted by molar-refractivity contribution is 0.314. The first-order chi connectivity index (χ1) is 8.70. The highest BCUT2D eigenvalue weighted by Gasteiger charge is 2.23. The third kappa shape index (κ3) is 3.19. The fourth-order valence-corrected chi connectivity index (χ4v) is 2.68. The molecule has 1 N–H and O–H groups in total. The van der Waals surface area contributed by atoms with Crippen LogP contribution in [0.5, 0.6) is 0 Å². The Morgan fingerprint density at radius 2 is 2.06 bits per heavy atom. The number of aromatic nitrogens is 2. The van der Waals surface area contributed by atoms with Gasteiger partial charge in [0.1, 0.15) is 0 Å². The van der Waals surface area contributed by atoms with E-state index in [2.05, 4.69) is 40.3 Å². The van der Waals surface area contributed by atoms with Crippen LogP contribution in [0.15, 0.2) is 12.1 Å². The van der Waals surface area contributed by atoms with Gasteiger partial charge in [-0.15, -0.1) is 5.10 Å². The summed E-state index contributed by atoms with van der Waals surface area (Å²) < 4.78 is 0. The SMILES string of the molecule is CCNC(C)C1CCN(c2ccc(C)nn2)CC1. The number of hydrogen-bond donors (Lipinski definition) is 1. The molecule has 0 amide bonds. The molecule has 0 bridgehead atoms. The summed E-state index contributed by atoms with van der Waals surface area (Å²) in [7, 11) is 0. The average Bonchev–Trinajstić information content (AvgIpc) is 2.40. The second-order valence-corrected chi connectivity index (χ2v) is 5.20. The first-order valence-electron chi connectivity index (χ1n) is 6.99. The highest BCUT2D eigenvalue weighted by atomic mass is 15.3. The molecule has 0 aliphatic carbocycles. The second-order valence-electron chi connectivity index (χ2n) is 5.20. The van der Waals surface area contributed by atoms with E-state index in [9.17, 15) is 0 Å². The first kappa shape index (κ1) is 13.3. The summed E-state index contributed by atoms with van der Waals surface area (Å²) in [5.41, 5.74) is 0.981. The Bertz CT molecular complexity index is 355. The van der Waals surface area contributed by atoms with Gasteiger partial charge in [-0.2, -0.15) is 5.10 Å². The van der Waals surface area contributed by atoms with Crippen LogP contribution in [-0.2, 0) is 0 Å². The van der Waals surface area contributed by atoms with Crippen molar-refractivity contribution in [2.24, 2.45) is 5.92 Å². The van der Waals surface area contributed by atoms with Crippen LogP contribution in [0.25, 0.3) is 0 Å². The molecule has 0 saturated carbocycles. The molecule has 100 valence electrons. The summed E-state index contributed by atoms with van der Waals surface area (Å²) in [6.45, 7) is 9.70. The molecule has 0 radical (unpaired) electrons. The number of aryl methyl sites for hydroxylation is 1.